The Bertz CT molecular complexity index is 466. The maximum Gasteiger partial charge on any atom is 0.130 e. The molecule has 1 unspecified atom stereocenters. The summed E-state index contributed by atoms with van der Waals surface area (Å²) in [6, 6.07) is 9.39. The molecule has 16 heavy (non-hydrogen) atoms. The number of aromatic nitrogens is 2. The maximum absolute atomic E-state index is 10.6. The molecular formula is C12H15N3O. The van der Waals surface area contributed by atoms with Gasteiger partial charge < -0.3 is 10.8 Å². The lowest BCUT2D eigenvalue weighted by atomic mass is 9.88. The summed E-state index contributed by atoms with van der Waals surface area (Å²) >= 11 is 0. The van der Waals surface area contributed by atoms with Crippen molar-refractivity contribution in [2.45, 2.75) is 5.60 Å². The lowest BCUT2D eigenvalue weighted by Crippen LogP contribution is -2.35. The molecule has 0 aliphatic rings. The van der Waals surface area contributed by atoms with Crippen molar-refractivity contribution in [1.29, 1.82) is 0 Å². The molecule has 0 amide bonds. The first kappa shape index (κ1) is 10.9. The number of benzene rings is 1. The third kappa shape index (κ3) is 1.73. The van der Waals surface area contributed by atoms with E-state index in [9.17, 15) is 5.11 Å². The molecule has 0 saturated carbocycles. The zero-order chi connectivity index (χ0) is 11.6. The molecule has 3 N–H and O–H groups in total. The fourth-order valence-electron chi connectivity index (χ4n) is 1.75. The molecule has 84 valence electrons. The third-order valence-corrected chi connectivity index (χ3v) is 2.73. The smallest absolute Gasteiger partial charge is 0.130 e. The Labute approximate surface area is 94.3 Å². The van der Waals surface area contributed by atoms with Crippen LogP contribution in [0.5, 0.6) is 0 Å². The van der Waals surface area contributed by atoms with Crippen molar-refractivity contribution in [3.05, 3.63) is 53.9 Å². The Morgan fingerprint density at radius 3 is 2.50 bits per heavy atom. The predicted octanol–water partition coefficient (Wildman–Crippen LogP) is 0.615. The average Bonchev–Trinajstić information content (AvgIpc) is 2.76. The molecule has 2 aromatic rings. The standard InChI is InChI=1S/C12H15N3O/c1-15-8-11(7-14-15)12(16,9-13)10-5-3-2-4-6-10/h2-8,16H,9,13H2,1H3. The molecule has 1 heterocycles. The highest BCUT2D eigenvalue weighted by molar-refractivity contribution is 5.34. The van der Waals surface area contributed by atoms with Crippen LogP contribution >= 0.6 is 0 Å². The lowest BCUT2D eigenvalue weighted by Gasteiger charge is -2.25. The number of hydrogen-bond donors (Lipinski definition) is 2. The molecule has 1 atom stereocenters. The molecule has 0 spiro atoms. The summed E-state index contributed by atoms with van der Waals surface area (Å²) in [6.45, 7) is 0.128. The zero-order valence-electron chi connectivity index (χ0n) is 9.17. The Morgan fingerprint density at radius 2 is 2.00 bits per heavy atom. The van der Waals surface area contributed by atoms with Crippen molar-refractivity contribution >= 4 is 0 Å². The number of aryl methyl sites for hydroxylation is 1. The van der Waals surface area contributed by atoms with Crippen molar-refractivity contribution in [1.82, 2.24) is 9.78 Å². The van der Waals surface area contributed by atoms with Gasteiger partial charge in [-0.3, -0.25) is 4.68 Å². The van der Waals surface area contributed by atoms with Gasteiger partial charge in [0.15, 0.2) is 0 Å². The van der Waals surface area contributed by atoms with Crippen LogP contribution in [0.25, 0.3) is 0 Å². The molecular weight excluding hydrogens is 202 g/mol. The number of rotatable bonds is 3. The van der Waals surface area contributed by atoms with Gasteiger partial charge >= 0.3 is 0 Å². The van der Waals surface area contributed by atoms with Crippen LogP contribution in [0.2, 0.25) is 0 Å². The van der Waals surface area contributed by atoms with E-state index in [4.69, 9.17) is 5.73 Å². The lowest BCUT2D eigenvalue weighted by molar-refractivity contribution is 0.0901. The second kappa shape index (κ2) is 4.08. The molecule has 0 saturated heterocycles. The van der Waals surface area contributed by atoms with E-state index in [0.717, 1.165) is 5.56 Å². The second-order valence-corrected chi connectivity index (χ2v) is 3.83. The summed E-state index contributed by atoms with van der Waals surface area (Å²) in [5.41, 5.74) is 6.03. The molecule has 0 bridgehead atoms. The van der Waals surface area contributed by atoms with Crippen LogP contribution in [0, 0.1) is 0 Å². The number of nitrogens with zero attached hydrogens (tertiary/aromatic N) is 2. The van der Waals surface area contributed by atoms with Crippen molar-refractivity contribution in [3.8, 4) is 0 Å². The molecule has 0 aliphatic carbocycles. The first-order valence-corrected chi connectivity index (χ1v) is 5.14. The Morgan fingerprint density at radius 1 is 1.31 bits per heavy atom. The molecule has 4 nitrogen and oxygen atoms in total. The van der Waals surface area contributed by atoms with Gasteiger partial charge in [0.1, 0.15) is 5.60 Å². The van der Waals surface area contributed by atoms with Gasteiger partial charge in [-0.1, -0.05) is 30.3 Å². The fourth-order valence-corrected chi connectivity index (χ4v) is 1.75. The maximum atomic E-state index is 10.6. The van der Waals surface area contributed by atoms with Gasteiger partial charge in [-0.25, -0.2) is 0 Å². The van der Waals surface area contributed by atoms with Crippen molar-refractivity contribution < 1.29 is 5.11 Å². The SMILES string of the molecule is Cn1cc(C(O)(CN)c2ccccc2)cn1. The highest BCUT2D eigenvalue weighted by Gasteiger charge is 2.30. The minimum Gasteiger partial charge on any atom is -0.379 e. The van der Waals surface area contributed by atoms with E-state index < -0.39 is 5.60 Å². The zero-order valence-corrected chi connectivity index (χ0v) is 9.17. The number of aliphatic hydroxyl groups is 1. The van der Waals surface area contributed by atoms with Gasteiger partial charge in [0.25, 0.3) is 0 Å². The average molecular weight is 217 g/mol. The fraction of sp³-hybridized carbons (Fsp3) is 0.250. The third-order valence-electron chi connectivity index (χ3n) is 2.73. The molecule has 0 aliphatic heterocycles. The predicted molar refractivity (Wildman–Crippen MR) is 61.7 cm³/mol. The van der Waals surface area contributed by atoms with E-state index in [1.807, 2.05) is 37.4 Å². The summed E-state index contributed by atoms with van der Waals surface area (Å²) < 4.78 is 1.65. The van der Waals surface area contributed by atoms with Crippen LogP contribution in [-0.2, 0) is 12.6 Å². The van der Waals surface area contributed by atoms with Crippen molar-refractivity contribution in [2.75, 3.05) is 6.54 Å². The molecule has 1 aromatic heterocycles. The second-order valence-electron chi connectivity index (χ2n) is 3.83. The van der Waals surface area contributed by atoms with Gasteiger partial charge in [0, 0.05) is 25.4 Å². The molecule has 2 rings (SSSR count). The summed E-state index contributed by atoms with van der Waals surface area (Å²) in [4.78, 5) is 0. The van der Waals surface area contributed by atoms with Crippen LogP contribution in [0.1, 0.15) is 11.1 Å². The van der Waals surface area contributed by atoms with Gasteiger partial charge in [-0.15, -0.1) is 0 Å². The summed E-state index contributed by atoms with van der Waals surface area (Å²) in [6.07, 6.45) is 3.42. The Hall–Kier alpha value is -1.65. The van der Waals surface area contributed by atoms with E-state index in [0.29, 0.717) is 5.56 Å². The number of nitrogens with two attached hydrogens (primary N) is 1. The summed E-state index contributed by atoms with van der Waals surface area (Å²) in [5.74, 6) is 0. The van der Waals surface area contributed by atoms with Gasteiger partial charge in [-0.05, 0) is 5.56 Å². The number of hydrogen-bond acceptors (Lipinski definition) is 3. The first-order chi connectivity index (χ1) is 7.66. The highest BCUT2D eigenvalue weighted by Crippen LogP contribution is 2.27. The van der Waals surface area contributed by atoms with Gasteiger partial charge in [0.2, 0.25) is 0 Å². The quantitative estimate of drug-likeness (QED) is 0.792. The van der Waals surface area contributed by atoms with E-state index >= 15 is 0 Å². The van der Waals surface area contributed by atoms with Gasteiger partial charge in [-0.2, -0.15) is 5.10 Å². The molecule has 1 aromatic carbocycles. The van der Waals surface area contributed by atoms with Crippen LogP contribution in [0.4, 0.5) is 0 Å². The van der Waals surface area contributed by atoms with Crippen LogP contribution in [0.3, 0.4) is 0 Å². The Kier molecular flexibility index (Phi) is 2.77. The normalized spacial score (nSPS) is 14.7. The molecule has 0 radical (unpaired) electrons. The van der Waals surface area contributed by atoms with Crippen LogP contribution in [-0.4, -0.2) is 21.4 Å². The monoisotopic (exact) mass is 217 g/mol. The summed E-state index contributed by atoms with van der Waals surface area (Å²) in [7, 11) is 1.81. The minimum atomic E-state index is -1.16. The Balaban J connectivity index is 2.48. The van der Waals surface area contributed by atoms with E-state index in [2.05, 4.69) is 5.10 Å². The molecule has 0 fully saturated rings. The van der Waals surface area contributed by atoms with Crippen molar-refractivity contribution in [2.24, 2.45) is 12.8 Å². The van der Waals surface area contributed by atoms with Gasteiger partial charge in [0.05, 0.1) is 6.20 Å². The largest absolute Gasteiger partial charge is 0.379 e. The van der Waals surface area contributed by atoms with E-state index in [-0.39, 0.29) is 6.54 Å². The van der Waals surface area contributed by atoms with E-state index in [1.54, 1.807) is 17.1 Å². The first-order valence-electron chi connectivity index (χ1n) is 5.14. The van der Waals surface area contributed by atoms with E-state index in [1.165, 1.54) is 0 Å². The van der Waals surface area contributed by atoms with Crippen LogP contribution in [0.15, 0.2) is 42.7 Å². The summed E-state index contributed by atoms with van der Waals surface area (Å²) in [5, 5.41) is 14.7. The van der Waals surface area contributed by atoms with Crippen molar-refractivity contribution in [3.63, 3.8) is 0 Å². The molecule has 4 heteroatoms. The van der Waals surface area contributed by atoms with Crippen LogP contribution < -0.4 is 5.73 Å². The highest BCUT2D eigenvalue weighted by atomic mass is 16.3. The topological polar surface area (TPSA) is 64.1 Å². The minimum absolute atomic E-state index is 0.128.